The molecular formula is C19H25BClNO3. The van der Waals surface area contributed by atoms with Gasteiger partial charge < -0.3 is 19.5 Å². The van der Waals surface area contributed by atoms with E-state index in [9.17, 15) is 0 Å². The van der Waals surface area contributed by atoms with Crippen molar-refractivity contribution in [1.82, 2.24) is 0 Å². The maximum absolute atomic E-state index is 6.45. The molecule has 134 valence electrons. The number of para-hydroxylation sites is 1. The van der Waals surface area contributed by atoms with Crippen molar-refractivity contribution in [3.63, 3.8) is 0 Å². The predicted octanol–water partition coefficient (Wildman–Crippen LogP) is 4.22. The van der Waals surface area contributed by atoms with Gasteiger partial charge in [0.15, 0.2) is 5.58 Å². The summed E-state index contributed by atoms with van der Waals surface area (Å²) >= 11 is 6.19. The Morgan fingerprint density at radius 2 is 2.12 bits per heavy atom. The van der Waals surface area contributed by atoms with Gasteiger partial charge in [0.1, 0.15) is 0 Å². The van der Waals surface area contributed by atoms with Gasteiger partial charge in [-0.05, 0) is 42.7 Å². The smallest absolute Gasteiger partial charge is 0.462 e. The molecule has 2 heterocycles. The number of benzene rings is 1. The number of fused-ring (bicyclic) bond motifs is 2. The van der Waals surface area contributed by atoms with Gasteiger partial charge in [-0.2, -0.15) is 0 Å². The van der Waals surface area contributed by atoms with Crippen LogP contribution >= 0.6 is 11.6 Å². The Hall–Kier alpha value is -1.01. The van der Waals surface area contributed by atoms with Crippen LogP contribution < -0.4 is 5.73 Å². The summed E-state index contributed by atoms with van der Waals surface area (Å²) in [6.07, 6.45) is 6.25. The highest BCUT2D eigenvalue weighted by Crippen LogP contribution is 2.39. The number of hydrogen-bond donors (Lipinski definition) is 1. The van der Waals surface area contributed by atoms with Crippen molar-refractivity contribution in [2.24, 2.45) is 17.6 Å². The van der Waals surface area contributed by atoms with E-state index < -0.39 is 0 Å². The van der Waals surface area contributed by atoms with E-state index in [0.29, 0.717) is 28.9 Å². The normalized spacial score (nSPS) is 27.9. The number of hydrogen-bond acceptors (Lipinski definition) is 4. The molecule has 25 heavy (non-hydrogen) atoms. The van der Waals surface area contributed by atoms with Crippen molar-refractivity contribution in [2.45, 2.75) is 57.7 Å². The highest BCUT2D eigenvalue weighted by atomic mass is 35.5. The van der Waals surface area contributed by atoms with Crippen LogP contribution in [0.25, 0.3) is 11.0 Å². The summed E-state index contributed by atoms with van der Waals surface area (Å²) in [5, 5.41) is 1.63. The summed E-state index contributed by atoms with van der Waals surface area (Å²) in [4.78, 5) is 0. The molecule has 1 aliphatic carbocycles. The van der Waals surface area contributed by atoms with Crippen LogP contribution in [0.2, 0.25) is 5.02 Å². The van der Waals surface area contributed by atoms with Gasteiger partial charge >= 0.3 is 7.12 Å². The van der Waals surface area contributed by atoms with Crippen LogP contribution in [-0.2, 0) is 15.7 Å². The molecule has 4 nitrogen and oxygen atoms in total. The summed E-state index contributed by atoms with van der Waals surface area (Å²) < 4.78 is 18.1. The van der Waals surface area contributed by atoms with Gasteiger partial charge in [0.2, 0.25) is 0 Å². The summed E-state index contributed by atoms with van der Waals surface area (Å²) in [7, 11) is -0.349. The first-order valence-corrected chi connectivity index (χ1v) is 9.63. The van der Waals surface area contributed by atoms with Gasteiger partial charge in [0, 0.05) is 11.3 Å². The average molecular weight is 362 g/mol. The first-order valence-electron chi connectivity index (χ1n) is 9.25. The standard InChI is InChI=1S/C19H25BClNO3/c1-11(2)13-5-4-8-16-19(13)25-20(24-16)17(22)9-12-10-23-18-14(12)6-3-7-15(18)21/h3,6-7,10-11,13,16-17,19H,4-5,8-9,22H2,1-2H3/t13-,16?,17?,19?/m0/s1. The second-order valence-electron chi connectivity index (χ2n) is 7.73. The minimum atomic E-state index is -0.349. The number of nitrogens with two attached hydrogens (primary N) is 1. The fraction of sp³-hybridized carbons (Fsp3) is 0.579. The third-order valence-corrected chi connectivity index (χ3v) is 6.01. The van der Waals surface area contributed by atoms with Crippen molar-refractivity contribution in [3.8, 4) is 0 Å². The Morgan fingerprint density at radius 3 is 2.92 bits per heavy atom. The van der Waals surface area contributed by atoms with E-state index in [1.807, 2.05) is 18.2 Å². The van der Waals surface area contributed by atoms with E-state index in [-0.39, 0.29) is 25.3 Å². The summed E-state index contributed by atoms with van der Waals surface area (Å²) in [5.41, 5.74) is 8.21. The molecule has 0 amide bonds. The average Bonchev–Trinajstić information content (AvgIpc) is 3.19. The molecule has 0 bridgehead atoms. The molecule has 1 aromatic heterocycles. The Labute approximate surface area is 154 Å². The topological polar surface area (TPSA) is 57.6 Å². The van der Waals surface area contributed by atoms with Crippen molar-refractivity contribution < 1.29 is 13.7 Å². The van der Waals surface area contributed by atoms with Gasteiger partial charge in [-0.15, -0.1) is 0 Å². The van der Waals surface area contributed by atoms with E-state index in [2.05, 4.69) is 13.8 Å². The Morgan fingerprint density at radius 1 is 1.28 bits per heavy atom. The summed E-state index contributed by atoms with van der Waals surface area (Å²) in [6.45, 7) is 4.54. The first-order chi connectivity index (χ1) is 12.0. The highest BCUT2D eigenvalue weighted by Gasteiger charge is 2.48. The maximum Gasteiger partial charge on any atom is 0.475 e. The Kier molecular flexibility index (Phi) is 4.84. The van der Waals surface area contributed by atoms with Crippen LogP contribution in [-0.4, -0.2) is 25.3 Å². The minimum absolute atomic E-state index is 0.181. The zero-order valence-electron chi connectivity index (χ0n) is 14.8. The molecule has 6 heteroatoms. The molecule has 2 aliphatic rings. The van der Waals surface area contributed by atoms with Crippen LogP contribution in [0.1, 0.15) is 38.7 Å². The van der Waals surface area contributed by atoms with Gasteiger partial charge in [-0.25, -0.2) is 0 Å². The van der Waals surface area contributed by atoms with Gasteiger partial charge in [-0.1, -0.05) is 44.0 Å². The zero-order valence-corrected chi connectivity index (χ0v) is 15.5. The van der Waals surface area contributed by atoms with Gasteiger partial charge in [0.25, 0.3) is 0 Å². The lowest BCUT2D eigenvalue weighted by atomic mass is 9.75. The molecule has 4 atom stereocenters. The van der Waals surface area contributed by atoms with Crippen LogP contribution in [0.5, 0.6) is 0 Å². The van der Waals surface area contributed by atoms with Crippen molar-refractivity contribution in [3.05, 3.63) is 35.0 Å². The Balaban J connectivity index is 1.48. The molecule has 4 rings (SSSR count). The predicted molar refractivity (Wildman–Crippen MR) is 101 cm³/mol. The lowest BCUT2D eigenvalue weighted by Crippen LogP contribution is -2.42. The third-order valence-electron chi connectivity index (χ3n) is 5.71. The summed E-state index contributed by atoms with van der Waals surface area (Å²) in [5.74, 6) is 0.939. The van der Waals surface area contributed by atoms with E-state index in [4.69, 9.17) is 31.1 Å². The van der Waals surface area contributed by atoms with Crippen LogP contribution in [0, 0.1) is 11.8 Å². The monoisotopic (exact) mass is 361 g/mol. The van der Waals surface area contributed by atoms with Crippen LogP contribution in [0.15, 0.2) is 28.9 Å². The molecule has 1 saturated heterocycles. The van der Waals surface area contributed by atoms with Gasteiger partial charge in [0.05, 0.1) is 23.5 Å². The quantitative estimate of drug-likeness (QED) is 0.828. The van der Waals surface area contributed by atoms with Crippen LogP contribution in [0.3, 0.4) is 0 Å². The second-order valence-corrected chi connectivity index (χ2v) is 8.14. The third kappa shape index (κ3) is 3.23. The SMILES string of the molecule is CC(C)[C@@H]1CCCC2OB(C(N)Cc3coc4c(Cl)cccc34)OC21. The second kappa shape index (κ2) is 6.95. The Bertz CT molecular complexity index is 749. The van der Waals surface area contributed by atoms with E-state index in [1.54, 1.807) is 6.26 Å². The van der Waals surface area contributed by atoms with Crippen molar-refractivity contribution in [2.75, 3.05) is 0 Å². The lowest BCUT2D eigenvalue weighted by molar-refractivity contribution is 0.0366. The zero-order chi connectivity index (χ0) is 17.6. The van der Waals surface area contributed by atoms with Crippen molar-refractivity contribution >= 4 is 29.7 Å². The number of rotatable bonds is 4. The number of furan rings is 1. The fourth-order valence-electron chi connectivity index (χ4n) is 4.35. The molecule has 0 spiro atoms. The highest BCUT2D eigenvalue weighted by molar-refractivity contribution is 6.47. The molecule has 0 radical (unpaired) electrons. The molecule has 2 N–H and O–H groups in total. The van der Waals surface area contributed by atoms with Crippen LogP contribution in [0.4, 0.5) is 0 Å². The molecule has 3 unspecified atom stereocenters. The summed E-state index contributed by atoms with van der Waals surface area (Å²) in [6, 6.07) is 5.77. The maximum atomic E-state index is 6.45. The largest absolute Gasteiger partial charge is 0.475 e. The molecular weight excluding hydrogens is 336 g/mol. The minimum Gasteiger partial charge on any atom is -0.462 e. The van der Waals surface area contributed by atoms with E-state index >= 15 is 0 Å². The molecule has 1 aliphatic heterocycles. The molecule has 2 aromatic rings. The molecule has 1 aromatic carbocycles. The molecule has 1 saturated carbocycles. The number of halogens is 1. The first kappa shape index (κ1) is 17.4. The fourth-order valence-corrected chi connectivity index (χ4v) is 4.57. The lowest BCUT2D eigenvalue weighted by Gasteiger charge is -2.34. The molecule has 2 fully saturated rings. The van der Waals surface area contributed by atoms with Crippen molar-refractivity contribution in [1.29, 1.82) is 0 Å². The van der Waals surface area contributed by atoms with E-state index in [1.165, 1.54) is 12.8 Å². The van der Waals surface area contributed by atoms with Gasteiger partial charge in [-0.3, -0.25) is 0 Å². The van der Waals surface area contributed by atoms with E-state index in [0.717, 1.165) is 17.4 Å².